The van der Waals surface area contributed by atoms with E-state index in [0.29, 0.717) is 22.4 Å². The van der Waals surface area contributed by atoms with Crippen LogP contribution in [0.1, 0.15) is 19.2 Å². The first-order valence-electron chi connectivity index (χ1n) is 10.1. The Bertz CT molecular complexity index is 1210. The van der Waals surface area contributed by atoms with Crippen molar-refractivity contribution in [2.45, 2.75) is 30.5 Å². The molecule has 0 saturated heterocycles. The van der Waals surface area contributed by atoms with E-state index in [2.05, 4.69) is 20.3 Å². The molecule has 8 heteroatoms. The number of rotatable bonds is 7. The number of aromatic nitrogens is 3. The molecule has 2 aromatic heterocycles. The summed E-state index contributed by atoms with van der Waals surface area (Å²) in [6, 6.07) is 19.4. The summed E-state index contributed by atoms with van der Waals surface area (Å²) >= 11 is 8.80. The van der Waals surface area contributed by atoms with E-state index in [1.54, 1.807) is 0 Å². The third-order valence-corrected chi connectivity index (χ3v) is 6.98. The van der Waals surface area contributed by atoms with Crippen LogP contribution in [0.15, 0.2) is 71.1 Å². The molecule has 1 N–H and O–H groups in total. The maximum Gasteiger partial charge on any atom is 0.239 e. The highest BCUT2D eigenvalue weighted by Crippen LogP contribution is 2.30. The summed E-state index contributed by atoms with van der Waals surface area (Å²) in [6.45, 7) is 3.86. The molecular formula is C24H21ClN4OS2. The highest BCUT2D eigenvalue weighted by molar-refractivity contribution is 8.00. The third kappa shape index (κ3) is 5.54. The molecule has 1 amide bonds. The second-order valence-electron chi connectivity index (χ2n) is 7.05. The zero-order valence-electron chi connectivity index (χ0n) is 17.6. The fraction of sp³-hybridized carbons (Fsp3) is 0.167. The van der Waals surface area contributed by atoms with Crippen molar-refractivity contribution in [1.29, 1.82) is 0 Å². The van der Waals surface area contributed by atoms with Crippen LogP contribution in [-0.2, 0) is 4.79 Å². The SMILES string of the molecule is CCC(Sc1cc(-c2ccccc2)nc(C)n1)C(=O)Nc1nc(-c2ccc(Cl)cc2)cs1. The van der Waals surface area contributed by atoms with Gasteiger partial charge in [0.15, 0.2) is 5.13 Å². The Balaban J connectivity index is 1.47. The van der Waals surface area contributed by atoms with E-state index in [9.17, 15) is 4.79 Å². The highest BCUT2D eigenvalue weighted by atomic mass is 35.5. The van der Waals surface area contributed by atoms with Crippen molar-refractivity contribution < 1.29 is 4.79 Å². The Labute approximate surface area is 200 Å². The minimum Gasteiger partial charge on any atom is -0.301 e. The molecule has 0 aliphatic rings. The molecular weight excluding hydrogens is 460 g/mol. The number of aryl methyl sites for hydroxylation is 1. The number of anilines is 1. The number of hydrogen-bond acceptors (Lipinski definition) is 6. The monoisotopic (exact) mass is 480 g/mol. The lowest BCUT2D eigenvalue weighted by atomic mass is 10.1. The van der Waals surface area contributed by atoms with Gasteiger partial charge in [0.1, 0.15) is 10.9 Å². The van der Waals surface area contributed by atoms with E-state index in [-0.39, 0.29) is 11.2 Å². The van der Waals surface area contributed by atoms with Crippen molar-refractivity contribution in [3.8, 4) is 22.5 Å². The molecule has 0 bridgehead atoms. The van der Waals surface area contributed by atoms with Gasteiger partial charge >= 0.3 is 0 Å². The minimum absolute atomic E-state index is 0.0907. The molecule has 0 radical (unpaired) electrons. The van der Waals surface area contributed by atoms with Crippen LogP contribution in [0, 0.1) is 6.92 Å². The number of carbonyl (C=O) groups is 1. The largest absolute Gasteiger partial charge is 0.301 e. The van der Waals surface area contributed by atoms with Gasteiger partial charge in [0.25, 0.3) is 0 Å². The van der Waals surface area contributed by atoms with E-state index in [0.717, 1.165) is 27.5 Å². The second-order valence-corrected chi connectivity index (χ2v) is 9.57. The quantitative estimate of drug-likeness (QED) is 0.234. The summed E-state index contributed by atoms with van der Waals surface area (Å²) in [5.74, 6) is 0.587. The lowest BCUT2D eigenvalue weighted by molar-refractivity contribution is -0.115. The van der Waals surface area contributed by atoms with Crippen LogP contribution in [0.5, 0.6) is 0 Å². The fourth-order valence-corrected chi connectivity index (χ4v) is 4.93. The minimum atomic E-state index is -0.296. The average molecular weight is 481 g/mol. The first-order chi connectivity index (χ1) is 15.5. The molecule has 5 nitrogen and oxygen atoms in total. The lowest BCUT2D eigenvalue weighted by Gasteiger charge is -2.14. The first-order valence-corrected chi connectivity index (χ1v) is 12.3. The Morgan fingerprint density at radius 2 is 1.75 bits per heavy atom. The number of halogens is 1. The Hall–Kier alpha value is -2.74. The predicted octanol–water partition coefficient (Wildman–Crippen LogP) is 6.74. The van der Waals surface area contributed by atoms with Crippen molar-refractivity contribution in [2.24, 2.45) is 0 Å². The Morgan fingerprint density at radius 3 is 2.47 bits per heavy atom. The van der Waals surface area contributed by atoms with Gasteiger partial charge in [-0.3, -0.25) is 4.79 Å². The summed E-state index contributed by atoms with van der Waals surface area (Å²) in [6.07, 6.45) is 0.662. The molecule has 32 heavy (non-hydrogen) atoms. The van der Waals surface area contributed by atoms with Crippen molar-refractivity contribution in [3.63, 3.8) is 0 Å². The molecule has 2 heterocycles. The molecule has 0 aliphatic heterocycles. The zero-order valence-corrected chi connectivity index (χ0v) is 20.0. The summed E-state index contributed by atoms with van der Waals surface area (Å²) < 4.78 is 0. The van der Waals surface area contributed by atoms with Crippen LogP contribution in [0.25, 0.3) is 22.5 Å². The summed E-state index contributed by atoms with van der Waals surface area (Å²) in [4.78, 5) is 26.6. The van der Waals surface area contributed by atoms with Gasteiger partial charge in [-0.25, -0.2) is 15.0 Å². The summed E-state index contributed by atoms with van der Waals surface area (Å²) in [5.41, 5.74) is 3.64. The summed E-state index contributed by atoms with van der Waals surface area (Å²) in [5, 5.41) is 6.61. The maximum absolute atomic E-state index is 13.0. The Kier molecular flexibility index (Phi) is 7.19. The van der Waals surface area contributed by atoms with E-state index in [1.807, 2.05) is 79.9 Å². The molecule has 0 saturated carbocycles. The topological polar surface area (TPSA) is 67.8 Å². The number of amides is 1. The number of nitrogens with zero attached hydrogens (tertiary/aromatic N) is 3. The maximum atomic E-state index is 13.0. The van der Waals surface area contributed by atoms with Gasteiger partial charge in [-0.1, -0.05) is 72.8 Å². The van der Waals surface area contributed by atoms with Crippen LogP contribution in [-0.4, -0.2) is 26.1 Å². The Morgan fingerprint density at radius 1 is 1.03 bits per heavy atom. The van der Waals surface area contributed by atoms with E-state index >= 15 is 0 Å². The third-order valence-electron chi connectivity index (χ3n) is 4.68. The van der Waals surface area contributed by atoms with Gasteiger partial charge in [-0.05, 0) is 31.5 Å². The van der Waals surface area contributed by atoms with Gasteiger partial charge in [-0.15, -0.1) is 11.3 Å². The molecule has 162 valence electrons. The zero-order chi connectivity index (χ0) is 22.5. The number of thioether (sulfide) groups is 1. The first kappa shape index (κ1) is 22.5. The molecule has 4 rings (SSSR count). The van der Waals surface area contributed by atoms with Crippen LogP contribution in [0.3, 0.4) is 0 Å². The smallest absolute Gasteiger partial charge is 0.239 e. The number of thiazole rings is 1. The standard InChI is InChI=1S/C24H21ClN4OS2/c1-3-21(32-22-13-19(26-15(2)27-22)16-7-5-4-6-8-16)23(30)29-24-28-20(14-31-24)17-9-11-18(25)12-10-17/h4-14,21H,3H2,1-2H3,(H,28,29,30). The normalized spacial score (nSPS) is 11.8. The van der Waals surface area contributed by atoms with Crippen molar-refractivity contribution >= 4 is 45.7 Å². The molecule has 4 aromatic rings. The predicted molar refractivity (Wildman–Crippen MR) is 133 cm³/mol. The molecule has 2 aromatic carbocycles. The van der Waals surface area contributed by atoms with Crippen molar-refractivity contribution in [1.82, 2.24) is 15.0 Å². The van der Waals surface area contributed by atoms with Gasteiger partial charge < -0.3 is 5.32 Å². The van der Waals surface area contributed by atoms with E-state index in [4.69, 9.17) is 11.6 Å². The van der Waals surface area contributed by atoms with Gasteiger partial charge in [0.2, 0.25) is 5.91 Å². The average Bonchev–Trinajstić information content (AvgIpc) is 3.26. The molecule has 0 spiro atoms. The van der Waals surface area contributed by atoms with Crippen molar-refractivity contribution in [2.75, 3.05) is 5.32 Å². The van der Waals surface area contributed by atoms with Crippen molar-refractivity contribution in [3.05, 3.63) is 76.9 Å². The fourth-order valence-electron chi connectivity index (χ4n) is 3.10. The van der Waals surface area contributed by atoms with Crippen LogP contribution in [0.4, 0.5) is 5.13 Å². The summed E-state index contributed by atoms with van der Waals surface area (Å²) in [7, 11) is 0. The second kappa shape index (κ2) is 10.3. The van der Waals surface area contributed by atoms with Crippen LogP contribution < -0.4 is 5.32 Å². The van der Waals surface area contributed by atoms with Crippen LogP contribution >= 0.6 is 34.7 Å². The molecule has 1 atom stereocenters. The molecule has 0 fully saturated rings. The van der Waals surface area contributed by atoms with Gasteiger partial charge in [-0.2, -0.15) is 0 Å². The number of benzene rings is 2. The number of hydrogen-bond donors (Lipinski definition) is 1. The van der Waals surface area contributed by atoms with Crippen LogP contribution in [0.2, 0.25) is 5.02 Å². The number of nitrogens with one attached hydrogen (secondary N) is 1. The van der Waals surface area contributed by atoms with E-state index in [1.165, 1.54) is 23.1 Å². The van der Waals surface area contributed by atoms with E-state index < -0.39 is 0 Å². The molecule has 0 aliphatic carbocycles. The lowest BCUT2D eigenvalue weighted by Crippen LogP contribution is -2.24. The highest BCUT2D eigenvalue weighted by Gasteiger charge is 2.21. The number of carbonyl (C=O) groups excluding carboxylic acids is 1. The van der Waals surface area contributed by atoms with Gasteiger partial charge in [0, 0.05) is 21.5 Å². The van der Waals surface area contributed by atoms with Gasteiger partial charge in [0.05, 0.1) is 16.6 Å². The molecule has 1 unspecified atom stereocenters.